The van der Waals surface area contributed by atoms with Crippen LogP contribution in [0.1, 0.15) is 79.8 Å². The van der Waals surface area contributed by atoms with Gasteiger partial charge in [0.05, 0.1) is 0 Å². The van der Waals surface area contributed by atoms with E-state index in [0.717, 1.165) is 41.3 Å². The molecule has 3 rings (SSSR count). The summed E-state index contributed by atoms with van der Waals surface area (Å²) in [6.07, 6.45) is 9.07. The molecule has 0 aliphatic heterocycles. The van der Waals surface area contributed by atoms with Gasteiger partial charge in [0.25, 0.3) is 5.91 Å². The summed E-state index contributed by atoms with van der Waals surface area (Å²) < 4.78 is 0. The van der Waals surface area contributed by atoms with Gasteiger partial charge in [-0.05, 0) is 60.1 Å². The van der Waals surface area contributed by atoms with Crippen molar-refractivity contribution in [2.24, 2.45) is 5.92 Å². The summed E-state index contributed by atoms with van der Waals surface area (Å²) in [5.74, 6) is -0.527. The van der Waals surface area contributed by atoms with E-state index in [4.69, 9.17) is 0 Å². The fourth-order valence-corrected chi connectivity index (χ4v) is 5.21. The minimum atomic E-state index is -1.00. The van der Waals surface area contributed by atoms with Gasteiger partial charge in [-0.3, -0.25) is 4.79 Å². The lowest BCUT2D eigenvalue weighted by Crippen LogP contribution is -2.41. The van der Waals surface area contributed by atoms with Gasteiger partial charge in [-0.15, -0.1) is 0 Å². The quantitative estimate of drug-likeness (QED) is 0.361. The van der Waals surface area contributed by atoms with Crippen LogP contribution in [0.2, 0.25) is 0 Å². The number of nitrogens with zero attached hydrogens (tertiary/aromatic N) is 2. The van der Waals surface area contributed by atoms with Gasteiger partial charge in [-0.25, -0.2) is 14.8 Å². The van der Waals surface area contributed by atoms with Crippen LogP contribution in [-0.4, -0.2) is 53.7 Å². The molecule has 0 radical (unpaired) electrons. The number of amides is 1. The molecule has 1 amide bonds. The number of hydrazine groups is 1. The van der Waals surface area contributed by atoms with Crippen molar-refractivity contribution < 1.29 is 14.7 Å². The highest BCUT2D eigenvalue weighted by Crippen LogP contribution is 2.30. The van der Waals surface area contributed by atoms with Gasteiger partial charge in [-0.2, -0.15) is 0 Å². The number of carboxylic acids is 1. The molecule has 1 aliphatic carbocycles. The van der Waals surface area contributed by atoms with Crippen LogP contribution < -0.4 is 5.32 Å². The van der Waals surface area contributed by atoms with Crippen LogP contribution >= 0.6 is 0 Å². The summed E-state index contributed by atoms with van der Waals surface area (Å²) >= 11 is 0. The van der Waals surface area contributed by atoms with E-state index in [2.05, 4.69) is 35.5 Å². The Kier molecular flexibility index (Phi) is 10.5. The van der Waals surface area contributed by atoms with Crippen LogP contribution in [0.25, 0.3) is 11.1 Å². The average molecular weight is 494 g/mol. The monoisotopic (exact) mass is 493 g/mol. The fourth-order valence-electron chi connectivity index (χ4n) is 5.21. The molecule has 0 saturated heterocycles. The van der Waals surface area contributed by atoms with Crippen molar-refractivity contribution >= 4 is 11.9 Å². The molecule has 0 spiro atoms. The molecular weight excluding hydrogens is 450 g/mol. The number of rotatable bonds is 12. The highest BCUT2D eigenvalue weighted by atomic mass is 16.4. The summed E-state index contributed by atoms with van der Waals surface area (Å²) in [6.45, 7) is 5.72. The zero-order chi connectivity index (χ0) is 26.1. The van der Waals surface area contributed by atoms with Crippen molar-refractivity contribution in [2.45, 2.75) is 77.8 Å². The first-order valence-electron chi connectivity index (χ1n) is 13.4. The Labute approximate surface area is 216 Å². The summed E-state index contributed by atoms with van der Waals surface area (Å²) in [5.41, 5.74) is 4.55. The summed E-state index contributed by atoms with van der Waals surface area (Å²) in [7, 11) is 4.18. The van der Waals surface area contributed by atoms with Gasteiger partial charge in [0.15, 0.2) is 0 Å². The van der Waals surface area contributed by atoms with Crippen LogP contribution in [0, 0.1) is 12.8 Å². The SMILES string of the molecule is CCCC(NC(=O)c1ccc(CN(CCC2CCCCC2)N(C)C)cc1-c1ccccc1C)C(=O)O. The van der Waals surface area contributed by atoms with Crippen molar-refractivity contribution in [3.8, 4) is 11.1 Å². The molecular formula is C30H43N3O3. The summed E-state index contributed by atoms with van der Waals surface area (Å²) in [6, 6.07) is 13.1. The van der Waals surface area contributed by atoms with E-state index in [1.807, 2.05) is 50.2 Å². The highest BCUT2D eigenvalue weighted by molar-refractivity contribution is 6.02. The molecule has 0 aromatic heterocycles. The molecule has 196 valence electrons. The van der Waals surface area contributed by atoms with Crippen LogP contribution in [-0.2, 0) is 11.3 Å². The van der Waals surface area contributed by atoms with Crippen molar-refractivity contribution in [3.63, 3.8) is 0 Å². The molecule has 36 heavy (non-hydrogen) atoms. The highest BCUT2D eigenvalue weighted by Gasteiger charge is 2.23. The molecule has 1 fully saturated rings. The Bertz CT molecular complexity index is 1010. The molecule has 6 nitrogen and oxygen atoms in total. The van der Waals surface area contributed by atoms with Crippen LogP contribution in [0.3, 0.4) is 0 Å². The van der Waals surface area contributed by atoms with Gasteiger partial charge in [0.1, 0.15) is 6.04 Å². The largest absolute Gasteiger partial charge is 0.480 e. The average Bonchev–Trinajstić information content (AvgIpc) is 2.86. The van der Waals surface area contributed by atoms with Crippen molar-refractivity contribution in [1.82, 2.24) is 15.3 Å². The molecule has 0 heterocycles. The Morgan fingerprint density at radius 2 is 1.78 bits per heavy atom. The van der Waals surface area contributed by atoms with Crippen molar-refractivity contribution in [2.75, 3.05) is 20.6 Å². The number of carbonyl (C=O) groups is 2. The van der Waals surface area contributed by atoms with Crippen molar-refractivity contribution in [1.29, 1.82) is 0 Å². The molecule has 1 saturated carbocycles. The topological polar surface area (TPSA) is 72.9 Å². The lowest BCUT2D eigenvalue weighted by atomic mass is 9.87. The number of carbonyl (C=O) groups excluding carboxylic acids is 1. The Balaban J connectivity index is 1.87. The smallest absolute Gasteiger partial charge is 0.326 e. The van der Waals surface area contributed by atoms with Gasteiger partial charge < -0.3 is 10.4 Å². The summed E-state index contributed by atoms with van der Waals surface area (Å²) in [4.78, 5) is 24.9. The molecule has 2 aromatic carbocycles. The minimum Gasteiger partial charge on any atom is -0.480 e. The molecule has 1 unspecified atom stereocenters. The van der Waals surface area contributed by atoms with Gasteiger partial charge in [0.2, 0.25) is 0 Å². The number of benzene rings is 2. The third-order valence-electron chi connectivity index (χ3n) is 7.40. The van der Waals surface area contributed by atoms with E-state index in [1.54, 1.807) is 0 Å². The Hall–Kier alpha value is -2.70. The normalized spacial score (nSPS) is 15.3. The maximum atomic E-state index is 13.3. The first-order chi connectivity index (χ1) is 17.3. The Morgan fingerprint density at radius 3 is 2.42 bits per heavy atom. The van der Waals surface area contributed by atoms with E-state index >= 15 is 0 Å². The van der Waals surface area contributed by atoms with Crippen LogP contribution in [0.15, 0.2) is 42.5 Å². The number of hydrogen-bond acceptors (Lipinski definition) is 4. The van der Waals surface area contributed by atoms with E-state index in [1.165, 1.54) is 38.5 Å². The molecule has 2 N–H and O–H groups in total. The van der Waals surface area contributed by atoms with Gasteiger partial charge >= 0.3 is 5.97 Å². The van der Waals surface area contributed by atoms with Gasteiger partial charge in [-0.1, -0.05) is 75.8 Å². The standard InChI is InChI=1S/C30H43N3O3/c1-5-11-28(30(35)36)31-29(34)26-17-16-24(20-27(26)25-15-10-9-12-22(25)2)21-33(32(3)4)19-18-23-13-7-6-8-14-23/h9-10,12,15-17,20,23,28H,5-8,11,13-14,18-19,21H2,1-4H3,(H,31,34)(H,35,36). The van der Waals surface area contributed by atoms with Crippen LogP contribution in [0.4, 0.5) is 0 Å². The first kappa shape index (κ1) is 27.9. The van der Waals surface area contributed by atoms with Crippen LogP contribution in [0.5, 0.6) is 0 Å². The lowest BCUT2D eigenvalue weighted by Gasteiger charge is -2.31. The third kappa shape index (κ3) is 7.65. The number of aryl methyl sites for hydroxylation is 1. The number of nitrogens with one attached hydrogen (secondary N) is 1. The Morgan fingerprint density at radius 1 is 1.06 bits per heavy atom. The molecule has 2 aromatic rings. The molecule has 1 aliphatic rings. The minimum absolute atomic E-state index is 0.345. The molecule has 0 bridgehead atoms. The second kappa shape index (κ2) is 13.6. The number of aliphatic carboxylic acids is 1. The first-order valence-corrected chi connectivity index (χ1v) is 13.4. The van der Waals surface area contributed by atoms with E-state index in [0.29, 0.717) is 18.4 Å². The number of carboxylic acid groups (broad SMARTS) is 1. The summed E-state index contributed by atoms with van der Waals surface area (Å²) in [5, 5.41) is 16.8. The van der Waals surface area contributed by atoms with Gasteiger partial charge in [0, 0.05) is 32.7 Å². The zero-order valence-corrected chi connectivity index (χ0v) is 22.4. The predicted octanol–water partition coefficient (Wildman–Crippen LogP) is 5.89. The van der Waals surface area contributed by atoms with E-state index in [9.17, 15) is 14.7 Å². The molecule has 1 atom stereocenters. The second-order valence-electron chi connectivity index (χ2n) is 10.4. The lowest BCUT2D eigenvalue weighted by molar-refractivity contribution is -0.139. The predicted molar refractivity (Wildman–Crippen MR) is 146 cm³/mol. The maximum Gasteiger partial charge on any atom is 0.326 e. The van der Waals surface area contributed by atoms with E-state index < -0.39 is 12.0 Å². The van der Waals surface area contributed by atoms with E-state index in [-0.39, 0.29) is 5.91 Å². The second-order valence-corrected chi connectivity index (χ2v) is 10.4. The fraction of sp³-hybridized carbons (Fsp3) is 0.533. The van der Waals surface area contributed by atoms with Crippen molar-refractivity contribution in [3.05, 3.63) is 59.2 Å². The maximum absolute atomic E-state index is 13.3. The number of hydrogen-bond donors (Lipinski definition) is 2. The third-order valence-corrected chi connectivity index (χ3v) is 7.40. The molecule has 6 heteroatoms. The zero-order valence-electron chi connectivity index (χ0n) is 22.4.